The molecule has 0 spiro atoms. The fourth-order valence-corrected chi connectivity index (χ4v) is 3.71. The van der Waals surface area contributed by atoms with Crippen LogP contribution in [-0.2, 0) is 13.1 Å². The summed E-state index contributed by atoms with van der Waals surface area (Å²) in [5, 5.41) is 25.2. The van der Waals surface area contributed by atoms with E-state index >= 15 is 0 Å². The summed E-state index contributed by atoms with van der Waals surface area (Å²) >= 11 is 0. The second-order valence-electron chi connectivity index (χ2n) is 6.90. The van der Waals surface area contributed by atoms with Gasteiger partial charge in [-0.2, -0.15) is 10.2 Å². The maximum absolute atomic E-state index is 13.1. The Labute approximate surface area is 151 Å². The van der Waals surface area contributed by atoms with Crippen LogP contribution in [-0.4, -0.2) is 37.2 Å². The quantitative estimate of drug-likeness (QED) is 0.634. The lowest BCUT2D eigenvalue weighted by Gasteiger charge is -2.16. The van der Waals surface area contributed by atoms with Gasteiger partial charge >= 0.3 is 0 Å². The number of aromatic amines is 1. The first-order valence-electron chi connectivity index (χ1n) is 8.86. The van der Waals surface area contributed by atoms with Crippen molar-refractivity contribution >= 4 is 0 Å². The molecule has 2 aromatic heterocycles. The summed E-state index contributed by atoms with van der Waals surface area (Å²) in [4.78, 5) is 0. The van der Waals surface area contributed by atoms with E-state index in [1.807, 2.05) is 16.9 Å². The van der Waals surface area contributed by atoms with E-state index < -0.39 is 0 Å². The third-order valence-corrected chi connectivity index (χ3v) is 5.04. The van der Waals surface area contributed by atoms with E-state index in [-0.39, 0.29) is 18.0 Å². The monoisotopic (exact) mass is 355 g/mol. The van der Waals surface area contributed by atoms with Crippen molar-refractivity contribution in [1.82, 2.24) is 25.3 Å². The van der Waals surface area contributed by atoms with Crippen LogP contribution in [0.1, 0.15) is 18.4 Å². The maximum atomic E-state index is 13.1. The molecule has 4 rings (SSSR count). The molecule has 1 unspecified atom stereocenters. The number of hydrogen-bond acceptors (Lipinski definition) is 4. The molecule has 0 radical (unpaired) electrons. The Balaban J connectivity index is 1.37. The van der Waals surface area contributed by atoms with Crippen molar-refractivity contribution in [3.05, 3.63) is 60.3 Å². The zero-order valence-corrected chi connectivity index (χ0v) is 14.3. The van der Waals surface area contributed by atoms with Crippen molar-refractivity contribution in [1.29, 1.82) is 0 Å². The van der Waals surface area contributed by atoms with E-state index in [4.69, 9.17) is 0 Å². The second kappa shape index (κ2) is 7.39. The van der Waals surface area contributed by atoms with Gasteiger partial charge in [0.15, 0.2) is 0 Å². The third-order valence-electron chi connectivity index (χ3n) is 5.04. The molecule has 1 aliphatic rings. The molecule has 3 aromatic rings. The van der Waals surface area contributed by atoms with Crippen LogP contribution < -0.4 is 5.32 Å². The van der Waals surface area contributed by atoms with Crippen LogP contribution in [0.4, 0.5) is 4.39 Å². The number of benzene rings is 1. The van der Waals surface area contributed by atoms with Crippen molar-refractivity contribution in [2.75, 3.05) is 0 Å². The van der Waals surface area contributed by atoms with Crippen LogP contribution >= 0.6 is 0 Å². The topological polar surface area (TPSA) is 78.8 Å². The van der Waals surface area contributed by atoms with Gasteiger partial charge in [-0.05, 0) is 49.1 Å². The van der Waals surface area contributed by atoms with Gasteiger partial charge in [-0.15, -0.1) is 0 Å². The first-order chi connectivity index (χ1) is 12.7. The SMILES string of the molecule is O[C@@H]1CC(Cn2cccn2)C[C@H]1NCc1cn[nH]c1-c1ccc(F)cc1. The zero-order chi connectivity index (χ0) is 17.9. The molecule has 1 aliphatic carbocycles. The maximum Gasteiger partial charge on any atom is 0.123 e. The normalized spacial score (nSPS) is 22.8. The average Bonchev–Trinajstić information content (AvgIpc) is 3.36. The average molecular weight is 355 g/mol. The molecule has 0 saturated heterocycles. The number of aliphatic hydroxyl groups is 1. The zero-order valence-electron chi connectivity index (χ0n) is 14.3. The molecular weight excluding hydrogens is 333 g/mol. The Kier molecular flexibility index (Phi) is 4.81. The smallest absolute Gasteiger partial charge is 0.123 e. The van der Waals surface area contributed by atoms with Gasteiger partial charge in [-0.25, -0.2) is 4.39 Å². The van der Waals surface area contributed by atoms with E-state index in [1.54, 1.807) is 24.5 Å². The van der Waals surface area contributed by atoms with E-state index in [9.17, 15) is 9.50 Å². The molecule has 1 fully saturated rings. The third kappa shape index (κ3) is 3.68. The lowest BCUT2D eigenvalue weighted by molar-refractivity contribution is 0.145. The fourth-order valence-electron chi connectivity index (χ4n) is 3.71. The summed E-state index contributed by atoms with van der Waals surface area (Å²) in [6, 6.07) is 8.30. The Morgan fingerprint density at radius 3 is 2.88 bits per heavy atom. The Hall–Kier alpha value is -2.51. The lowest BCUT2D eigenvalue weighted by atomic mass is 10.1. The number of aliphatic hydroxyl groups excluding tert-OH is 1. The van der Waals surface area contributed by atoms with E-state index in [0.717, 1.165) is 36.2 Å². The number of rotatable bonds is 6. The van der Waals surface area contributed by atoms with Gasteiger partial charge in [0.1, 0.15) is 5.82 Å². The van der Waals surface area contributed by atoms with Crippen molar-refractivity contribution in [2.24, 2.45) is 5.92 Å². The highest BCUT2D eigenvalue weighted by Crippen LogP contribution is 2.28. The van der Waals surface area contributed by atoms with E-state index in [0.29, 0.717) is 12.5 Å². The molecule has 1 aromatic carbocycles. The van der Waals surface area contributed by atoms with Crippen LogP contribution in [0.25, 0.3) is 11.3 Å². The molecule has 0 aliphatic heterocycles. The number of halogens is 1. The van der Waals surface area contributed by atoms with Crippen molar-refractivity contribution in [3.63, 3.8) is 0 Å². The van der Waals surface area contributed by atoms with Crippen LogP contribution in [0.3, 0.4) is 0 Å². The van der Waals surface area contributed by atoms with Crippen molar-refractivity contribution < 1.29 is 9.50 Å². The summed E-state index contributed by atoms with van der Waals surface area (Å²) < 4.78 is 15.0. The van der Waals surface area contributed by atoms with Gasteiger partial charge in [-0.3, -0.25) is 9.78 Å². The first kappa shape index (κ1) is 16.9. The molecular formula is C19H22FN5O. The number of nitrogens with zero attached hydrogens (tertiary/aromatic N) is 3. The Morgan fingerprint density at radius 2 is 2.12 bits per heavy atom. The van der Waals surface area contributed by atoms with Gasteiger partial charge in [0.25, 0.3) is 0 Å². The summed E-state index contributed by atoms with van der Waals surface area (Å²) in [5.74, 6) is 0.147. The largest absolute Gasteiger partial charge is 0.391 e. The lowest BCUT2D eigenvalue weighted by Crippen LogP contribution is -2.35. The summed E-state index contributed by atoms with van der Waals surface area (Å²) in [6.45, 7) is 1.42. The molecule has 1 saturated carbocycles. The summed E-state index contributed by atoms with van der Waals surface area (Å²) in [6.07, 6.45) is 6.81. The first-order valence-corrected chi connectivity index (χ1v) is 8.86. The number of H-pyrrole nitrogens is 1. The van der Waals surface area contributed by atoms with Crippen LogP contribution in [0, 0.1) is 11.7 Å². The van der Waals surface area contributed by atoms with Crippen LogP contribution in [0.15, 0.2) is 48.9 Å². The van der Waals surface area contributed by atoms with Gasteiger partial charge in [0.05, 0.1) is 18.0 Å². The molecule has 2 heterocycles. The second-order valence-corrected chi connectivity index (χ2v) is 6.90. The molecule has 7 heteroatoms. The molecule has 0 amide bonds. The minimum absolute atomic E-state index is 0.0477. The summed E-state index contributed by atoms with van der Waals surface area (Å²) in [5.41, 5.74) is 2.77. The minimum atomic E-state index is -0.364. The van der Waals surface area contributed by atoms with Gasteiger partial charge in [-0.1, -0.05) is 0 Å². The Bertz CT molecular complexity index is 830. The summed E-state index contributed by atoms with van der Waals surface area (Å²) in [7, 11) is 0. The minimum Gasteiger partial charge on any atom is -0.391 e. The number of aromatic nitrogens is 4. The van der Waals surface area contributed by atoms with Crippen molar-refractivity contribution in [3.8, 4) is 11.3 Å². The molecule has 6 nitrogen and oxygen atoms in total. The molecule has 3 N–H and O–H groups in total. The van der Waals surface area contributed by atoms with Crippen LogP contribution in [0.5, 0.6) is 0 Å². The fraction of sp³-hybridized carbons (Fsp3) is 0.368. The van der Waals surface area contributed by atoms with Gasteiger partial charge in [0, 0.05) is 42.7 Å². The molecule has 0 bridgehead atoms. The van der Waals surface area contributed by atoms with Gasteiger partial charge in [0.2, 0.25) is 0 Å². The molecule has 3 atom stereocenters. The van der Waals surface area contributed by atoms with E-state index in [1.165, 1.54) is 12.1 Å². The van der Waals surface area contributed by atoms with Crippen molar-refractivity contribution in [2.45, 2.75) is 38.1 Å². The predicted molar refractivity (Wildman–Crippen MR) is 95.6 cm³/mol. The Morgan fingerprint density at radius 1 is 1.27 bits per heavy atom. The molecule has 26 heavy (non-hydrogen) atoms. The predicted octanol–water partition coefficient (Wildman–Crippen LogP) is 2.34. The standard InChI is InChI=1S/C19H22FN5O/c20-16-4-2-14(3-5-16)19-15(11-22-24-19)10-21-17-8-13(9-18(17)26)12-25-7-1-6-23-25/h1-7,11,13,17-18,21,26H,8-10,12H2,(H,22,24)/t13?,17-,18-/m1/s1. The number of hydrogen-bond donors (Lipinski definition) is 3. The number of nitrogens with one attached hydrogen (secondary N) is 2. The molecule has 136 valence electrons. The highest BCUT2D eigenvalue weighted by Gasteiger charge is 2.33. The van der Waals surface area contributed by atoms with Crippen LogP contribution in [0.2, 0.25) is 0 Å². The van der Waals surface area contributed by atoms with Gasteiger partial charge < -0.3 is 10.4 Å². The van der Waals surface area contributed by atoms with E-state index in [2.05, 4.69) is 20.6 Å². The highest BCUT2D eigenvalue weighted by molar-refractivity contribution is 5.62. The highest BCUT2D eigenvalue weighted by atomic mass is 19.1.